The van der Waals surface area contributed by atoms with E-state index in [4.69, 9.17) is 10.5 Å². The molecule has 2 fully saturated rings. The molecular weight excluding hydrogens is 387 g/mol. The van der Waals surface area contributed by atoms with E-state index in [1.54, 1.807) is 0 Å². The third kappa shape index (κ3) is 5.25. The lowest BCUT2D eigenvalue weighted by atomic mass is 9.90. The zero-order valence-electron chi connectivity index (χ0n) is 16.0. The molecule has 0 unspecified atom stereocenters. The highest BCUT2D eigenvalue weighted by atomic mass is 32.3. The first kappa shape index (κ1) is 21.1. The number of amides is 1. The van der Waals surface area contributed by atoms with Gasteiger partial charge < -0.3 is 21.1 Å². The minimum absolute atomic E-state index is 0.00928. The molecule has 1 amide bonds. The van der Waals surface area contributed by atoms with Crippen molar-refractivity contribution in [3.05, 3.63) is 17.4 Å². The number of nitrogens with one attached hydrogen (secondary N) is 2. The lowest BCUT2D eigenvalue weighted by molar-refractivity contribution is 0.0996. The molecule has 158 valence electrons. The predicted octanol–water partition coefficient (Wildman–Crippen LogP) is 2.55. The number of ether oxygens (including phenoxy) is 1. The van der Waals surface area contributed by atoms with Crippen LogP contribution in [-0.2, 0) is 0 Å². The Labute approximate surface area is 165 Å². The molecule has 8 nitrogen and oxygen atoms in total. The van der Waals surface area contributed by atoms with Crippen molar-refractivity contribution in [2.24, 2.45) is 5.73 Å². The molecule has 10 heteroatoms. The molecule has 0 atom stereocenters. The van der Waals surface area contributed by atoms with Crippen molar-refractivity contribution >= 4 is 22.3 Å². The first-order valence-electron chi connectivity index (χ1n) is 9.58. The van der Waals surface area contributed by atoms with Gasteiger partial charge >= 0.3 is 0 Å². The van der Waals surface area contributed by atoms with Crippen LogP contribution in [0.15, 0.2) is 6.07 Å². The Bertz CT molecular complexity index is 703. The van der Waals surface area contributed by atoms with Crippen LogP contribution in [-0.4, -0.2) is 56.7 Å². The summed E-state index contributed by atoms with van der Waals surface area (Å²) in [6.45, 7) is 0. The first-order chi connectivity index (χ1) is 13.3. The van der Waals surface area contributed by atoms with Crippen molar-refractivity contribution in [3.63, 3.8) is 0 Å². The van der Waals surface area contributed by atoms with Crippen molar-refractivity contribution in [3.8, 4) is 5.88 Å². The predicted molar refractivity (Wildman–Crippen MR) is 108 cm³/mol. The van der Waals surface area contributed by atoms with Gasteiger partial charge in [0.2, 0.25) is 5.88 Å². The lowest BCUT2D eigenvalue weighted by Crippen LogP contribution is -2.45. The molecule has 0 spiro atoms. The molecule has 1 aromatic heterocycles. The molecule has 0 aromatic carbocycles. The molecule has 1 saturated carbocycles. The smallest absolute Gasteiger partial charge is 0.254 e. The van der Waals surface area contributed by atoms with E-state index in [1.165, 1.54) is 7.11 Å². The number of carbonyl (C=O) groups excluding carboxylic acids is 1. The molecule has 6 N–H and O–H groups in total. The maximum absolute atomic E-state index is 14.3. The number of anilines is 1. The number of pyridine rings is 1. The van der Waals surface area contributed by atoms with E-state index in [0.717, 1.165) is 44.6 Å². The maximum Gasteiger partial charge on any atom is 0.254 e. The summed E-state index contributed by atoms with van der Waals surface area (Å²) < 4.78 is 38.8. The standard InChI is InChI=1S/C18H29FN4O4S/c1-27-18-14(16(20)24)10-15(19)17(23-18)22-12-4-2-11(3-5-12)21-13-6-8-28(25,26)9-7-13/h10-13,21,25-26H,2-9H2,1H3,(H2,20,24)(H,22,23). The molecule has 2 aliphatic rings. The van der Waals surface area contributed by atoms with Crippen molar-refractivity contribution < 1.29 is 23.0 Å². The number of carbonyl (C=O) groups is 1. The highest BCUT2D eigenvalue weighted by molar-refractivity contribution is 8.24. The van der Waals surface area contributed by atoms with Gasteiger partial charge in [-0.2, -0.15) is 15.6 Å². The van der Waals surface area contributed by atoms with Crippen LogP contribution < -0.4 is 21.1 Å². The van der Waals surface area contributed by atoms with Gasteiger partial charge in [-0.3, -0.25) is 13.9 Å². The lowest BCUT2D eigenvalue weighted by Gasteiger charge is -2.41. The van der Waals surface area contributed by atoms with Crippen LogP contribution in [0.4, 0.5) is 10.2 Å². The van der Waals surface area contributed by atoms with Crippen LogP contribution in [0.3, 0.4) is 0 Å². The van der Waals surface area contributed by atoms with Crippen molar-refractivity contribution in [1.82, 2.24) is 10.3 Å². The number of nitrogens with two attached hydrogens (primary N) is 1. The second kappa shape index (κ2) is 8.81. The van der Waals surface area contributed by atoms with Gasteiger partial charge in [0.25, 0.3) is 5.91 Å². The molecular formula is C18H29FN4O4S. The fourth-order valence-corrected chi connectivity index (χ4v) is 5.44. The number of rotatable bonds is 6. The number of halogens is 1. The average molecular weight is 417 g/mol. The number of hydrogen-bond donors (Lipinski definition) is 5. The summed E-state index contributed by atoms with van der Waals surface area (Å²) in [6, 6.07) is 1.85. The summed E-state index contributed by atoms with van der Waals surface area (Å²) in [4.78, 5) is 15.4. The number of nitrogens with zero attached hydrogens (tertiary/aromatic N) is 1. The Hall–Kier alpha value is -1.62. The van der Waals surface area contributed by atoms with Crippen LogP contribution >= 0.6 is 10.6 Å². The molecule has 1 aromatic rings. The van der Waals surface area contributed by atoms with Gasteiger partial charge in [0.1, 0.15) is 5.56 Å². The van der Waals surface area contributed by atoms with Gasteiger partial charge in [-0.05, 0) is 44.6 Å². The average Bonchev–Trinajstić information content (AvgIpc) is 2.66. The van der Waals surface area contributed by atoms with E-state index < -0.39 is 22.3 Å². The molecule has 0 bridgehead atoms. The summed E-state index contributed by atoms with van der Waals surface area (Å²) in [5, 5.41) is 6.75. The normalized spacial score (nSPS) is 26.4. The summed E-state index contributed by atoms with van der Waals surface area (Å²) in [5.74, 6) is -0.377. The number of primary amides is 1. The zero-order chi connectivity index (χ0) is 20.3. The summed E-state index contributed by atoms with van der Waals surface area (Å²) >= 11 is 0. The second-order valence-electron chi connectivity index (χ2n) is 7.58. The van der Waals surface area contributed by atoms with Gasteiger partial charge in [0.05, 0.1) is 7.11 Å². The molecule has 2 heterocycles. The van der Waals surface area contributed by atoms with Gasteiger partial charge in [0, 0.05) is 29.6 Å². The van der Waals surface area contributed by atoms with Crippen LogP contribution in [0.2, 0.25) is 0 Å². The van der Waals surface area contributed by atoms with Gasteiger partial charge in [0.15, 0.2) is 11.6 Å². The molecule has 0 radical (unpaired) electrons. The van der Waals surface area contributed by atoms with Crippen molar-refractivity contribution in [1.29, 1.82) is 0 Å². The third-order valence-electron chi connectivity index (χ3n) is 5.53. The Morgan fingerprint density at radius 2 is 1.75 bits per heavy atom. The zero-order valence-corrected chi connectivity index (χ0v) is 16.8. The van der Waals surface area contributed by atoms with E-state index in [-0.39, 0.29) is 23.3 Å². The fourth-order valence-electron chi connectivity index (χ4n) is 3.91. The van der Waals surface area contributed by atoms with E-state index in [1.807, 2.05) is 0 Å². The van der Waals surface area contributed by atoms with Crippen LogP contribution in [0, 0.1) is 5.82 Å². The Morgan fingerprint density at radius 1 is 1.18 bits per heavy atom. The van der Waals surface area contributed by atoms with E-state index in [9.17, 15) is 18.3 Å². The van der Waals surface area contributed by atoms with Crippen molar-refractivity contribution in [2.75, 3.05) is 23.9 Å². The topological polar surface area (TPSA) is 130 Å². The van der Waals surface area contributed by atoms with Gasteiger partial charge in [-0.15, -0.1) is 0 Å². The third-order valence-corrected chi connectivity index (χ3v) is 7.30. The van der Waals surface area contributed by atoms with E-state index >= 15 is 0 Å². The monoisotopic (exact) mass is 416 g/mol. The van der Waals surface area contributed by atoms with Crippen LogP contribution in [0.1, 0.15) is 48.9 Å². The summed E-state index contributed by atoms with van der Waals surface area (Å²) in [7, 11) is -0.991. The summed E-state index contributed by atoms with van der Waals surface area (Å²) in [6.07, 6.45) is 5.20. The highest BCUT2D eigenvalue weighted by Crippen LogP contribution is 2.44. The Morgan fingerprint density at radius 3 is 2.32 bits per heavy atom. The Kier molecular flexibility index (Phi) is 6.64. The molecule has 3 rings (SSSR count). The first-order valence-corrected chi connectivity index (χ1v) is 11.5. The minimum atomic E-state index is -2.35. The number of methoxy groups -OCH3 is 1. The Balaban J connectivity index is 1.51. The van der Waals surface area contributed by atoms with Crippen LogP contribution in [0.5, 0.6) is 5.88 Å². The quantitative estimate of drug-likeness (QED) is 0.482. The highest BCUT2D eigenvalue weighted by Gasteiger charge is 2.28. The minimum Gasteiger partial charge on any atom is -0.480 e. The largest absolute Gasteiger partial charge is 0.480 e. The van der Waals surface area contributed by atoms with Crippen molar-refractivity contribution in [2.45, 2.75) is 56.7 Å². The number of aromatic nitrogens is 1. The second-order valence-corrected chi connectivity index (χ2v) is 10.0. The summed E-state index contributed by atoms with van der Waals surface area (Å²) in [5.41, 5.74) is 5.14. The van der Waals surface area contributed by atoms with E-state index in [0.29, 0.717) is 23.6 Å². The molecule has 1 aliphatic heterocycles. The van der Waals surface area contributed by atoms with Gasteiger partial charge in [-0.1, -0.05) is 0 Å². The molecule has 28 heavy (non-hydrogen) atoms. The van der Waals surface area contributed by atoms with E-state index in [2.05, 4.69) is 15.6 Å². The number of hydrogen-bond acceptors (Lipinski definition) is 7. The van der Waals surface area contributed by atoms with Gasteiger partial charge in [-0.25, -0.2) is 4.39 Å². The fraction of sp³-hybridized carbons (Fsp3) is 0.667. The SMILES string of the molecule is COc1nc(NC2CCC(NC3CCS(O)(O)CC3)CC2)c(F)cc1C(N)=O. The molecule has 1 saturated heterocycles. The maximum atomic E-state index is 14.3. The molecule has 1 aliphatic carbocycles. The van der Waals surface area contributed by atoms with Crippen LogP contribution in [0.25, 0.3) is 0 Å².